The van der Waals surface area contributed by atoms with Crippen LogP contribution in [0.15, 0.2) is 48.8 Å². The normalized spacial score (nSPS) is 25.9. The van der Waals surface area contributed by atoms with Crippen LogP contribution in [0.25, 0.3) is 5.52 Å². The standard InChI is InChI=1S/C23H29FN5O8P/c1-13(2)17(22(32)33)28-38(34,37-14-6-4-3-5-7-14)35-11-23(10-24)20(31)18(30)19(36-23)15-8-9-16-21(25)26-12-27-29(15)16/h3-9,12-13,17-20,30-31H,10-11H2,1-2H3,(H,28,34)(H,32,33)(H2,25,26,27)/t17?,18-,19-,20-,23+,38?/m0/s1. The van der Waals surface area contributed by atoms with E-state index in [1.807, 2.05) is 0 Å². The third-order valence-corrected chi connectivity index (χ3v) is 7.76. The molecule has 1 saturated heterocycles. The fourth-order valence-corrected chi connectivity index (χ4v) is 5.84. The molecule has 0 aliphatic carbocycles. The number of para-hydroxylation sites is 1. The number of carboxylic acid groups (broad SMARTS) is 1. The molecule has 2 unspecified atom stereocenters. The quantitative estimate of drug-likeness (QED) is 0.216. The smallest absolute Gasteiger partial charge is 0.459 e. The predicted octanol–water partition coefficient (Wildman–Crippen LogP) is 1.72. The SMILES string of the molecule is CC(C)C(NP(=O)(OC[C@@]1(CF)O[C@@H](c2ccc3c(N)ncnn23)[C@H](O)[C@@H]1O)Oc1ccccc1)C(=O)O. The maximum absolute atomic E-state index is 14.5. The first-order valence-corrected chi connectivity index (χ1v) is 13.2. The van der Waals surface area contributed by atoms with E-state index in [9.17, 15) is 29.1 Å². The lowest BCUT2D eigenvalue weighted by Gasteiger charge is -2.31. The van der Waals surface area contributed by atoms with Crippen molar-refractivity contribution in [2.24, 2.45) is 5.92 Å². The molecular weight excluding hydrogens is 524 g/mol. The van der Waals surface area contributed by atoms with Gasteiger partial charge >= 0.3 is 13.7 Å². The molecule has 3 aromatic rings. The summed E-state index contributed by atoms with van der Waals surface area (Å²) in [6.07, 6.45) is -3.54. The van der Waals surface area contributed by atoms with E-state index >= 15 is 0 Å². The summed E-state index contributed by atoms with van der Waals surface area (Å²) in [7, 11) is -4.50. The van der Waals surface area contributed by atoms with Crippen LogP contribution < -0.4 is 15.3 Å². The minimum atomic E-state index is -4.50. The monoisotopic (exact) mass is 553 g/mol. The zero-order valence-corrected chi connectivity index (χ0v) is 21.4. The largest absolute Gasteiger partial charge is 0.480 e. The van der Waals surface area contributed by atoms with Gasteiger partial charge in [-0.05, 0) is 30.2 Å². The van der Waals surface area contributed by atoms with Gasteiger partial charge in [-0.15, -0.1) is 0 Å². The molecule has 6 N–H and O–H groups in total. The number of aromatic nitrogens is 3. The highest BCUT2D eigenvalue weighted by Gasteiger charge is 2.57. The van der Waals surface area contributed by atoms with Crippen molar-refractivity contribution in [3.05, 3.63) is 54.5 Å². The summed E-state index contributed by atoms with van der Waals surface area (Å²) in [6, 6.07) is 9.58. The molecule has 4 rings (SSSR count). The van der Waals surface area contributed by atoms with E-state index in [1.165, 1.54) is 29.0 Å². The topological polar surface area (TPSA) is 191 Å². The number of nitrogens with one attached hydrogen (secondary N) is 1. The summed E-state index contributed by atoms with van der Waals surface area (Å²) in [5, 5.41) is 37.7. The van der Waals surface area contributed by atoms with Gasteiger partial charge in [0.1, 0.15) is 54.2 Å². The number of fused-ring (bicyclic) bond motifs is 1. The van der Waals surface area contributed by atoms with Crippen LogP contribution in [-0.4, -0.2) is 73.0 Å². The lowest BCUT2D eigenvalue weighted by molar-refractivity contribution is -0.140. The lowest BCUT2D eigenvalue weighted by Crippen LogP contribution is -2.49. The van der Waals surface area contributed by atoms with E-state index in [0.717, 1.165) is 0 Å². The van der Waals surface area contributed by atoms with Gasteiger partial charge in [-0.3, -0.25) is 9.32 Å². The molecule has 3 heterocycles. The van der Waals surface area contributed by atoms with Crippen LogP contribution in [-0.2, 0) is 18.6 Å². The molecule has 0 saturated carbocycles. The number of hydrogen-bond acceptors (Lipinski definition) is 10. The second-order valence-corrected chi connectivity index (χ2v) is 10.9. The van der Waals surface area contributed by atoms with Crippen LogP contribution in [0.5, 0.6) is 5.75 Å². The molecule has 15 heteroatoms. The van der Waals surface area contributed by atoms with Gasteiger partial charge in [-0.1, -0.05) is 32.0 Å². The molecule has 13 nitrogen and oxygen atoms in total. The molecule has 2 aromatic heterocycles. The number of carboxylic acids is 1. The van der Waals surface area contributed by atoms with Crippen LogP contribution >= 0.6 is 7.75 Å². The van der Waals surface area contributed by atoms with Crippen LogP contribution in [0, 0.1) is 5.92 Å². The number of hydrogen-bond donors (Lipinski definition) is 5. The molecule has 0 radical (unpaired) electrons. The van der Waals surface area contributed by atoms with Gasteiger partial charge in [0.25, 0.3) is 0 Å². The fourth-order valence-electron chi connectivity index (χ4n) is 4.13. The Labute approximate surface area is 216 Å². The number of aliphatic hydroxyl groups is 2. The molecule has 1 fully saturated rings. The molecule has 1 aromatic carbocycles. The maximum Gasteiger partial charge on any atom is 0.459 e. The van der Waals surface area contributed by atoms with E-state index in [2.05, 4.69) is 15.2 Å². The number of nitrogen functional groups attached to an aromatic ring is 1. The second kappa shape index (κ2) is 10.9. The number of aliphatic hydroxyl groups excluding tert-OH is 2. The van der Waals surface area contributed by atoms with E-state index in [1.54, 1.807) is 38.1 Å². The van der Waals surface area contributed by atoms with E-state index < -0.39 is 62.9 Å². The van der Waals surface area contributed by atoms with Crippen LogP contribution in [0.4, 0.5) is 10.2 Å². The fraction of sp³-hybridized carbons (Fsp3) is 0.435. The Hall–Kier alpha value is -3.13. The van der Waals surface area contributed by atoms with Crippen molar-refractivity contribution in [2.75, 3.05) is 19.0 Å². The summed E-state index contributed by atoms with van der Waals surface area (Å²) in [5.74, 6) is -1.60. The minimum absolute atomic E-state index is 0.0910. The van der Waals surface area contributed by atoms with Crippen molar-refractivity contribution in [3.8, 4) is 5.75 Å². The molecule has 0 spiro atoms. The van der Waals surface area contributed by atoms with Gasteiger partial charge < -0.3 is 30.3 Å². The molecule has 0 amide bonds. The molecule has 1 aliphatic rings. The number of ether oxygens (including phenoxy) is 1. The number of nitrogens with two attached hydrogens (primary N) is 1. The van der Waals surface area contributed by atoms with Gasteiger partial charge in [-0.2, -0.15) is 10.2 Å². The summed E-state index contributed by atoms with van der Waals surface area (Å²) in [6.45, 7) is 0.968. The number of benzene rings is 1. The maximum atomic E-state index is 14.5. The van der Waals surface area contributed by atoms with Crippen molar-refractivity contribution >= 4 is 25.1 Å². The van der Waals surface area contributed by atoms with Crippen molar-refractivity contribution in [1.29, 1.82) is 0 Å². The van der Waals surface area contributed by atoms with E-state index in [0.29, 0.717) is 5.52 Å². The predicted molar refractivity (Wildman–Crippen MR) is 132 cm³/mol. The highest BCUT2D eigenvalue weighted by molar-refractivity contribution is 7.52. The highest BCUT2D eigenvalue weighted by Crippen LogP contribution is 2.49. The Balaban J connectivity index is 1.62. The van der Waals surface area contributed by atoms with Crippen molar-refractivity contribution < 1.29 is 42.9 Å². The Morgan fingerprint density at radius 1 is 1.29 bits per heavy atom. The molecule has 206 valence electrons. The summed E-state index contributed by atoms with van der Waals surface area (Å²) >= 11 is 0. The van der Waals surface area contributed by atoms with Crippen molar-refractivity contribution in [1.82, 2.24) is 19.7 Å². The van der Waals surface area contributed by atoms with Gasteiger partial charge in [0.15, 0.2) is 5.82 Å². The average Bonchev–Trinajstić information content (AvgIpc) is 3.42. The Morgan fingerprint density at radius 3 is 2.63 bits per heavy atom. The van der Waals surface area contributed by atoms with Crippen molar-refractivity contribution in [3.63, 3.8) is 0 Å². The Kier molecular flexibility index (Phi) is 8.02. The lowest BCUT2D eigenvalue weighted by atomic mass is 9.96. The van der Waals surface area contributed by atoms with Gasteiger partial charge in [0.2, 0.25) is 0 Å². The first-order chi connectivity index (χ1) is 18.0. The van der Waals surface area contributed by atoms with Gasteiger partial charge in [0, 0.05) is 0 Å². The summed E-state index contributed by atoms with van der Waals surface area (Å²) in [4.78, 5) is 15.7. The third-order valence-electron chi connectivity index (χ3n) is 6.24. The number of aliphatic carboxylic acids is 1. The van der Waals surface area contributed by atoms with Crippen LogP contribution in [0.3, 0.4) is 0 Å². The number of halogens is 1. The van der Waals surface area contributed by atoms with Gasteiger partial charge in [-0.25, -0.2) is 18.5 Å². The Morgan fingerprint density at radius 2 is 2.00 bits per heavy atom. The summed E-state index contributed by atoms with van der Waals surface area (Å²) < 4.78 is 46.4. The van der Waals surface area contributed by atoms with Crippen molar-refractivity contribution in [2.45, 2.75) is 43.8 Å². The van der Waals surface area contributed by atoms with Gasteiger partial charge in [0.05, 0.1) is 12.3 Å². The number of nitrogens with zero attached hydrogens (tertiary/aromatic N) is 3. The molecule has 38 heavy (non-hydrogen) atoms. The first kappa shape index (κ1) is 27.9. The zero-order chi connectivity index (χ0) is 27.7. The van der Waals surface area contributed by atoms with E-state index in [4.69, 9.17) is 19.5 Å². The number of anilines is 1. The number of carbonyl (C=O) groups is 1. The highest BCUT2D eigenvalue weighted by atomic mass is 31.2. The number of rotatable bonds is 11. The van der Waals surface area contributed by atoms with Crippen LogP contribution in [0.1, 0.15) is 25.6 Å². The number of alkyl halides is 1. The minimum Gasteiger partial charge on any atom is -0.480 e. The van der Waals surface area contributed by atoms with Crippen LogP contribution in [0.2, 0.25) is 0 Å². The molecule has 0 bridgehead atoms. The average molecular weight is 553 g/mol. The first-order valence-electron chi connectivity index (χ1n) is 11.7. The second-order valence-electron chi connectivity index (χ2n) is 9.24. The molecular formula is C23H29FN5O8P. The molecule has 1 aliphatic heterocycles. The van der Waals surface area contributed by atoms with E-state index in [-0.39, 0.29) is 17.3 Å². The summed E-state index contributed by atoms with van der Waals surface area (Å²) in [5.41, 5.74) is 4.33. The third kappa shape index (κ3) is 5.37. The Bertz CT molecular complexity index is 1330. The zero-order valence-electron chi connectivity index (χ0n) is 20.5. The molecule has 6 atom stereocenters.